The lowest BCUT2D eigenvalue weighted by Crippen LogP contribution is -2.36. The van der Waals surface area contributed by atoms with Crippen LogP contribution in [0.15, 0.2) is 30.5 Å². The number of hydrogen-bond donors (Lipinski definition) is 3. The molecule has 0 amide bonds. The summed E-state index contributed by atoms with van der Waals surface area (Å²) in [5, 5.41) is 31.7. The predicted octanol–water partition coefficient (Wildman–Crippen LogP) is 4.27. The monoisotopic (exact) mass is 422 g/mol. The first kappa shape index (κ1) is 20.3. The van der Waals surface area contributed by atoms with Crippen molar-refractivity contribution in [3.05, 3.63) is 41.8 Å². The summed E-state index contributed by atoms with van der Waals surface area (Å²) in [7, 11) is 0. The second-order valence-electron chi connectivity index (χ2n) is 7.25. The van der Waals surface area contributed by atoms with Crippen LogP contribution >= 0.6 is 0 Å². The molecule has 4 rings (SSSR count). The molecule has 2 aromatic heterocycles. The van der Waals surface area contributed by atoms with E-state index in [-0.39, 0.29) is 17.6 Å². The molecule has 1 aliphatic rings. The Morgan fingerprint density at radius 2 is 1.87 bits per heavy atom. The Balaban J connectivity index is 1.81. The number of rotatable bonds is 3. The molecular weight excluding hydrogens is 404 g/mol. The Kier molecular flexibility index (Phi) is 5.19. The minimum absolute atomic E-state index is 0.128. The van der Waals surface area contributed by atoms with E-state index in [1.807, 2.05) is 0 Å². The number of alkyl halides is 3. The molecule has 0 spiro atoms. The fourth-order valence-corrected chi connectivity index (χ4v) is 3.71. The number of hydrogen-bond acceptors (Lipinski definition) is 6. The van der Waals surface area contributed by atoms with Crippen LogP contribution in [0.5, 0.6) is 5.75 Å². The summed E-state index contributed by atoms with van der Waals surface area (Å²) >= 11 is 0. The number of fused-ring (bicyclic) bond motifs is 1. The third kappa shape index (κ3) is 3.74. The summed E-state index contributed by atoms with van der Waals surface area (Å²) in [4.78, 5) is 4.24. The standard InChI is InChI=1S/C20H18F4N4O2/c21-12-8-10(20(22,23)24)9-15(30)16(12)17-11-4-3-7-25-18(11)19(28-27-17)26-13-5-1-2-6-14(13)29/h3-4,7-9,13-14,29-30H,1-2,5-6H2,(H,26,28)/t13-,14-/m1/s1. The van der Waals surface area contributed by atoms with Crippen molar-refractivity contribution in [2.24, 2.45) is 0 Å². The number of nitrogens with one attached hydrogen (secondary N) is 1. The normalized spacial score (nSPS) is 19.8. The maximum absolute atomic E-state index is 14.6. The molecule has 1 aromatic carbocycles. The quantitative estimate of drug-likeness (QED) is 0.546. The van der Waals surface area contributed by atoms with Gasteiger partial charge in [0, 0.05) is 11.6 Å². The Morgan fingerprint density at radius 1 is 1.10 bits per heavy atom. The van der Waals surface area contributed by atoms with Crippen molar-refractivity contribution in [3.8, 4) is 17.0 Å². The molecule has 2 heterocycles. The zero-order valence-corrected chi connectivity index (χ0v) is 15.6. The lowest BCUT2D eigenvalue weighted by molar-refractivity contribution is -0.137. The van der Waals surface area contributed by atoms with E-state index in [1.54, 1.807) is 12.1 Å². The van der Waals surface area contributed by atoms with Gasteiger partial charge in [-0.25, -0.2) is 4.39 Å². The Bertz CT molecular complexity index is 1070. The minimum Gasteiger partial charge on any atom is -0.507 e. The number of aliphatic hydroxyl groups is 1. The Labute approximate surface area is 168 Å². The topological polar surface area (TPSA) is 91.2 Å². The molecule has 1 fully saturated rings. The van der Waals surface area contributed by atoms with Crippen LogP contribution in [0.2, 0.25) is 0 Å². The number of aliphatic hydroxyl groups excluding tert-OH is 1. The first-order valence-electron chi connectivity index (χ1n) is 9.42. The maximum atomic E-state index is 14.6. The molecule has 1 aliphatic carbocycles. The number of aromatic hydroxyl groups is 1. The summed E-state index contributed by atoms with van der Waals surface area (Å²) in [5.74, 6) is -1.90. The third-order valence-corrected chi connectivity index (χ3v) is 5.22. The van der Waals surface area contributed by atoms with E-state index in [0.717, 1.165) is 19.3 Å². The number of phenolic OH excluding ortho intramolecular Hbond substituents is 1. The van der Waals surface area contributed by atoms with Crippen LogP contribution in [0.1, 0.15) is 31.2 Å². The van der Waals surface area contributed by atoms with Gasteiger partial charge in [-0.2, -0.15) is 13.2 Å². The largest absolute Gasteiger partial charge is 0.507 e. The van der Waals surface area contributed by atoms with Crippen LogP contribution in [-0.4, -0.2) is 37.5 Å². The number of nitrogens with zero attached hydrogens (tertiary/aromatic N) is 3. The molecule has 3 aromatic rings. The predicted molar refractivity (Wildman–Crippen MR) is 101 cm³/mol. The summed E-state index contributed by atoms with van der Waals surface area (Å²) in [6.45, 7) is 0. The van der Waals surface area contributed by atoms with Crippen molar-refractivity contribution < 1.29 is 27.8 Å². The van der Waals surface area contributed by atoms with Crippen LogP contribution in [0, 0.1) is 5.82 Å². The van der Waals surface area contributed by atoms with Gasteiger partial charge >= 0.3 is 6.18 Å². The van der Waals surface area contributed by atoms with Crippen LogP contribution < -0.4 is 5.32 Å². The van der Waals surface area contributed by atoms with Gasteiger partial charge in [-0.15, -0.1) is 10.2 Å². The second kappa shape index (κ2) is 7.67. The molecule has 0 unspecified atom stereocenters. The first-order chi connectivity index (χ1) is 14.3. The highest BCUT2D eigenvalue weighted by molar-refractivity contribution is 5.98. The molecule has 0 radical (unpaired) electrons. The molecule has 158 valence electrons. The molecular formula is C20H18F4N4O2. The highest BCUT2D eigenvalue weighted by Crippen LogP contribution is 2.40. The highest BCUT2D eigenvalue weighted by Gasteiger charge is 2.33. The van der Waals surface area contributed by atoms with Crippen LogP contribution in [-0.2, 0) is 6.18 Å². The van der Waals surface area contributed by atoms with Gasteiger partial charge in [0.05, 0.1) is 23.3 Å². The lowest BCUT2D eigenvalue weighted by atomic mass is 9.92. The zero-order chi connectivity index (χ0) is 21.5. The molecule has 1 saturated carbocycles. The van der Waals surface area contributed by atoms with E-state index in [4.69, 9.17) is 0 Å². The third-order valence-electron chi connectivity index (χ3n) is 5.22. The van der Waals surface area contributed by atoms with E-state index in [0.29, 0.717) is 29.5 Å². The molecule has 3 N–H and O–H groups in total. The average molecular weight is 422 g/mol. The van der Waals surface area contributed by atoms with E-state index >= 15 is 0 Å². The SMILES string of the molecule is Oc1cc(C(F)(F)F)cc(F)c1-c1nnc(N[C@@H]2CCCC[C@H]2O)c2ncccc12. The number of anilines is 1. The van der Waals surface area contributed by atoms with E-state index < -0.39 is 35.0 Å². The fraction of sp³-hybridized carbons (Fsp3) is 0.350. The number of pyridine rings is 1. The molecule has 6 nitrogen and oxygen atoms in total. The van der Waals surface area contributed by atoms with Gasteiger partial charge in [0.15, 0.2) is 5.82 Å². The van der Waals surface area contributed by atoms with Crippen LogP contribution in [0.4, 0.5) is 23.4 Å². The highest BCUT2D eigenvalue weighted by atomic mass is 19.4. The fourth-order valence-electron chi connectivity index (χ4n) is 3.71. The number of benzene rings is 1. The van der Waals surface area contributed by atoms with Gasteiger partial charge in [-0.3, -0.25) is 4.98 Å². The Morgan fingerprint density at radius 3 is 2.57 bits per heavy atom. The average Bonchev–Trinajstić information content (AvgIpc) is 2.70. The van der Waals surface area contributed by atoms with Crippen molar-refractivity contribution in [2.75, 3.05) is 5.32 Å². The van der Waals surface area contributed by atoms with Crippen molar-refractivity contribution in [2.45, 2.75) is 44.0 Å². The van der Waals surface area contributed by atoms with Gasteiger partial charge in [0.2, 0.25) is 0 Å². The smallest absolute Gasteiger partial charge is 0.416 e. The molecule has 30 heavy (non-hydrogen) atoms. The van der Waals surface area contributed by atoms with Crippen molar-refractivity contribution in [3.63, 3.8) is 0 Å². The van der Waals surface area contributed by atoms with E-state index in [2.05, 4.69) is 20.5 Å². The van der Waals surface area contributed by atoms with Crippen molar-refractivity contribution in [1.82, 2.24) is 15.2 Å². The van der Waals surface area contributed by atoms with Gasteiger partial charge < -0.3 is 15.5 Å². The van der Waals surface area contributed by atoms with Gasteiger partial charge in [0.25, 0.3) is 0 Å². The number of phenols is 1. The van der Waals surface area contributed by atoms with Crippen LogP contribution in [0.25, 0.3) is 22.2 Å². The number of halogens is 4. The summed E-state index contributed by atoms with van der Waals surface area (Å²) < 4.78 is 53.3. The summed E-state index contributed by atoms with van der Waals surface area (Å²) in [6.07, 6.45) is -0.631. The van der Waals surface area contributed by atoms with E-state index in [1.165, 1.54) is 6.20 Å². The number of aromatic nitrogens is 3. The zero-order valence-electron chi connectivity index (χ0n) is 15.6. The Hall–Kier alpha value is -3.01. The molecule has 10 heteroatoms. The van der Waals surface area contributed by atoms with Gasteiger partial charge in [-0.05, 0) is 37.1 Å². The first-order valence-corrected chi connectivity index (χ1v) is 9.42. The molecule has 2 atom stereocenters. The maximum Gasteiger partial charge on any atom is 0.416 e. The van der Waals surface area contributed by atoms with Gasteiger partial charge in [0.1, 0.15) is 22.8 Å². The summed E-state index contributed by atoms with van der Waals surface area (Å²) in [5.41, 5.74) is -1.62. The van der Waals surface area contributed by atoms with E-state index in [9.17, 15) is 27.8 Å². The summed E-state index contributed by atoms with van der Waals surface area (Å²) in [6, 6.07) is 3.63. The van der Waals surface area contributed by atoms with Gasteiger partial charge in [-0.1, -0.05) is 12.8 Å². The molecule has 0 bridgehead atoms. The lowest BCUT2D eigenvalue weighted by Gasteiger charge is -2.28. The molecule has 0 saturated heterocycles. The van der Waals surface area contributed by atoms with Crippen LogP contribution in [0.3, 0.4) is 0 Å². The van der Waals surface area contributed by atoms with Crippen molar-refractivity contribution >= 4 is 16.7 Å². The minimum atomic E-state index is -4.80. The molecule has 0 aliphatic heterocycles. The second-order valence-corrected chi connectivity index (χ2v) is 7.25. The van der Waals surface area contributed by atoms with Crippen molar-refractivity contribution in [1.29, 1.82) is 0 Å².